The van der Waals surface area contributed by atoms with Crippen LogP contribution in [0.4, 0.5) is 5.69 Å². The van der Waals surface area contributed by atoms with E-state index in [2.05, 4.69) is 0 Å². The zero-order valence-electron chi connectivity index (χ0n) is 11.5. The van der Waals surface area contributed by atoms with E-state index in [1.807, 2.05) is 0 Å². The summed E-state index contributed by atoms with van der Waals surface area (Å²) in [5.41, 5.74) is 6.14. The Hall–Kier alpha value is -0.770. The van der Waals surface area contributed by atoms with E-state index in [9.17, 15) is 16.8 Å². The van der Waals surface area contributed by atoms with Gasteiger partial charge in [-0.05, 0) is 18.2 Å². The van der Waals surface area contributed by atoms with Gasteiger partial charge in [-0.2, -0.15) is 0 Å². The maximum atomic E-state index is 11.9. The minimum absolute atomic E-state index is 0.0505. The van der Waals surface area contributed by atoms with Gasteiger partial charge in [0.15, 0.2) is 0 Å². The molecular weight excluding hydrogens is 320 g/mol. The number of sulfone groups is 1. The van der Waals surface area contributed by atoms with Gasteiger partial charge in [0.1, 0.15) is 9.84 Å². The van der Waals surface area contributed by atoms with Gasteiger partial charge < -0.3 is 5.73 Å². The number of benzene rings is 1. The summed E-state index contributed by atoms with van der Waals surface area (Å²) in [7, 11) is -3.64. The fourth-order valence-electron chi connectivity index (χ4n) is 1.33. The summed E-state index contributed by atoms with van der Waals surface area (Å²) in [6, 6.07) is 4.45. The summed E-state index contributed by atoms with van der Waals surface area (Å²) in [6.07, 6.45) is 1.17. The number of hydrogen-bond donors (Lipinski definition) is 1. The molecule has 2 N–H and O–H groups in total. The van der Waals surface area contributed by atoms with Gasteiger partial charge in [0.05, 0.1) is 10.6 Å². The molecule has 1 rings (SSSR count). The van der Waals surface area contributed by atoms with Gasteiger partial charge >= 0.3 is 0 Å². The lowest BCUT2D eigenvalue weighted by molar-refractivity contribution is 0.520. The number of nitrogen functional groups attached to an aromatic ring is 1. The van der Waals surface area contributed by atoms with Crippen LogP contribution in [0, 0.1) is 0 Å². The second kappa shape index (κ2) is 6.33. The lowest BCUT2D eigenvalue weighted by atomic mass is 10.3. The van der Waals surface area contributed by atoms with Gasteiger partial charge in [0, 0.05) is 36.7 Å². The van der Waals surface area contributed by atoms with Crippen molar-refractivity contribution in [2.45, 2.75) is 9.79 Å². The van der Waals surface area contributed by atoms with Crippen LogP contribution in [-0.2, 0) is 19.9 Å². The minimum atomic E-state index is -3.51. The zero-order chi connectivity index (χ0) is 15.6. The number of anilines is 1. The minimum Gasteiger partial charge on any atom is -0.398 e. The predicted molar refractivity (Wildman–Crippen MR) is 82.2 cm³/mol. The average molecular weight is 338 g/mol. The summed E-state index contributed by atoms with van der Waals surface area (Å²) in [4.78, 5) is 0.791. The van der Waals surface area contributed by atoms with Crippen LogP contribution in [0.25, 0.3) is 0 Å². The van der Waals surface area contributed by atoms with E-state index < -0.39 is 19.9 Å². The molecular formula is C11H18N2O4S3. The Kier molecular flexibility index (Phi) is 5.47. The number of nitrogens with zero attached hydrogens (tertiary/aromatic N) is 1. The van der Waals surface area contributed by atoms with E-state index in [1.165, 1.54) is 44.2 Å². The Morgan fingerprint density at radius 1 is 1.20 bits per heavy atom. The number of hydrogen-bond acceptors (Lipinski definition) is 6. The van der Waals surface area contributed by atoms with Crippen molar-refractivity contribution in [3.05, 3.63) is 18.2 Å². The van der Waals surface area contributed by atoms with Crippen molar-refractivity contribution in [2.75, 3.05) is 37.6 Å². The van der Waals surface area contributed by atoms with E-state index >= 15 is 0 Å². The molecule has 0 aliphatic rings. The van der Waals surface area contributed by atoms with Gasteiger partial charge in [-0.15, -0.1) is 11.8 Å². The Bertz CT molecular complexity index is 682. The topological polar surface area (TPSA) is 97.5 Å². The second-order valence-corrected chi connectivity index (χ2v) is 10.0. The Morgan fingerprint density at radius 2 is 1.80 bits per heavy atom. The van der Waals surface area contributed by atoms with E-state index in [-0.39, 0.29) is 10.6 Å². The highest BCUT2D eigenvalue weighted by Crippen LogP contribution is 2.28. The van der Waals surface area contributed by atoms with Crippen LogP contribution in [0.3, 0.4) is 0 Å². The summed E-state index contributed by atoms with van der Waals surface area (Å²) in [6.45, 7) is 0. The van der Waals surface area contributed by atoms with Crippen LogP contribution in [-0.4, -0.2) is 53.0 Å². The Balaban J connectivity index is 2.90. The zero-order valence-corrected chi connectivity index (χ0v) is 14.0. The average Bonchev–Trinajstić information content (AvgIpc) is 2.29. The quantitative estimate of drug-likeness (QED) is 0.604. The van der Waals surface area contributed by atoms with E-state index in [4.69, 9.17) is 5.73 Å². The predicted octanol–water partition coefficient (Wildman–Crippen LogP) is 0.656. The molecule has 0 unspecified atom stereocenters. The molecule has 0 aliphatic heterocycles. The fraction of sp³-hybridized carbons (Fsp3) is 0.455. The largest absolute Gasteiger partial charge is 0.398 e. The highest BCUT2D eigenvalue weighted by atomic mass is 32.2. The number of thioether (sulfide) groups is 1. The molecule has 6 nitrogen and oxygen atoms in total. The van der Waals surface area contributed by atoms with Crippen molar-refractivity contribution >= 4 is 37.3 Å². The molecule has 0 saturated heterocycles. The summed E-state index contributed by atoms with van der Waals surface area (Å²) in [5.74, 6) is 0.428. The molecule has 0 fully saturated rings. The lowest BCUT2D eigenvalue weighted by Gasteiger charge is -2.13. The maximum absolute atomic E-state index is 11.9. The number of nitrogens with two attached hydrogens (primary N) is 1. The smallest absolute Gasteiger partial charge is 0.242 e. The van der Waals surface area contributed by atoms with Gasteiger partial charge in [0.2, 0.25) is 10.0 Å². The molecule has 0 amide bonds. The number of sulfonamides is 1. The van der Waals surface area contributed by atoms with Gasteiger partial charge in [-0.1, -0.05) is 0 Å². The molecule has 9 heteroatoms. The molecule has 0 heterocycles. The van der Waals surface area contributed by atoms with Crippen LogP contribution in [0.2, 0.25) is 0 Å². The molecule has 0 saturated carbocycles. The van der Waals surface area contributed by atoms with Crippen LogP contribution >= 0.6 is 11.8 Å². The molecule has 0 radical (unpaired) electrons. The van der Waals surface area contributed by atoms with Crippen molar-refractivity contribution in [2.24, 2.45) is 0 Å². The first-order chi connectivity index (χ1) is 9.04. The monoisotopic (exact) mass is 338 g/mol. The summed E-state index contributed by atoms with van der Waals surface area (Å²) < 4.78 is 47.0. The molecule has 114 valence electrons. The molecule has 0 spiro atoms. The highest BCUT2D eigenvalue weighted by Gasteiger charge is 2.18. The van der Waals surface area contributed by atoms with E-state index in [0.717, 1.165) is 4.31 Å². The molecule has 0 atom stereocenters. The first-order valence-corrected chi connectivity index (χ1v) is 10.2. The fourth-order valence-corrected chi connectivity index (χ4v) is 4.42. The van der Waals surface area contributed by atoms with Crippen molar-refractivity contribution in [3.8, 4) is 0 Å². The van der Waals surface area contributed by atoms with Crippen molar-refractivity contribution in [1.82, 2.24) is 4.31 Å². The molecule has 20 heavy (non-hydrogen) atoms. The normalized spacial score (nSPS) is 12.8. The maximum Gasteiger partial charge on any atom is 0.242 e. The summed E-state index contributed by atoms with van der Waals surface area (Å²) in [5, 5.41) is 0. The third kappa shape index (κ3) is 4.65. The van der Waals surface area contributed by atoms with E-state index in [0.29, 0.717) is 16.3 Å². The van der Waals surface area contributed by atoms with E-state index in [1.54, 1.807) is 6.07 Å². The van der Waals surface area contributed by atoms with Crippen LogP contribution in [0.5, 0.6) is 0 Å². The molecule has 1 aromatic carbocycles. The van der Waals surface area contributed by atoms with Crippen LogP contribution in [0.15, 0.2) is 28.0 Å². The van der Waals surface area contributed by atoms with Crippen LogP contribution in [0.1, 0.15) is 0 Å². The Morgan fingerprint density at radius 3 is 2.25 bits per heavy atom. The molecule has 1 aromatic rings. The van der Waals surface area contributed by atoms with Crippen molar-refractivity contribution in [1.29, 1.82) is 0 Å². The first kappa shape index (κ1) is 17.3. The SMILES string of the molecule is CN(C)S(=O)(=O)c1ccc(SCCS(C)(=O)=O)c(N)c1. The van der Waals surface area contributed by atoms with Crippen LogP contribution < -0.4 is 5.73 Å². The molecule has 0 aromatic heterocycles. The van der Waals surface area contributed by atoms with Crippen molar-refractivity contribution in [3.63, 3.8) is 0 Å². The third-order valence-corrected chi connectivity index (χ3v) is 6.58. The summed E-state index contributed by atoms with van der Waals surface area (Å²) >= 11 is 1.29. The Labute approximate surface area is 124 Å². The first-order valence-electron chi connectivity index (χ1n) is 5.66. The lowest BCUT2D eigenvalue weighted by Crippen LogP contribution is -2.22. The third-order valence-electron chi connectivity index (χ3n) is 2.47. The van der Waals surface area contributed by atoms with Crippen molar-refractivity contribution < 1.29 is 16.8 Å². The van der Waals surface area contributed by atoms with Gasteiger partial charge in [0.25, 0.3) is 0 Å². The van der Waals surface area contributed by atoms with Gasteiger partial charge in [-0.25, -0.2) is 21.1 Å². The molecule has 0 bridgehead atoms. The second-order valence-electron chi connectivity index (χ2n) is 4.47. The molecule has 0 aliphatic carbocycles. The van der Waals surface area contributed by atoms with Gasteiger partial charge in [-0.3, -0.25) is 0 Å². The highest BCUT2D eigenvalue weighted by molar-refractivity contribution is 8.00. The number of rotatable bonds is 6. The standard InChI is InChI=1S/C11H18N2O4S3/c1-13(2)20(16,17)9-4-5-11(10(12)8-9)18-6-7-19(3,14)15/h4-5,8H,6-7,12H2,1-3H3.